The molecule has 60 heavy (non-hydrogen) atoms. The standard InChI is InChI=1S/C51H97NO8/c1-6-8-10-12-14-16-18-20-22-23-24-25-26-27-28-30-32-34-36-38-40-42-49(54)60-47(46-59-51(50(55)56)57-44-43-52(3,4)5)45-58-48(53)41-39-37-35-33-31-29-21-19-17-15-13-11-9-7-2/h23-24,47,51H,6-22,25-46H2,1-5H3/p+1/b24-23-. The smallest absolute Gasteiger partial charge is 0.361 e. The lowest BCUT2D eigenvalue weighted by Crippen LogP contribution is -2.40. The van der Waals surface area contributed by atoms with E-state index in [1.54, 1.807) is 0 Å². The fraction of sp³-hybridized carbons (Fsp3) is 0.902. The monoisotopic (exact) mass is 853 g/mol. The number of allylic oxidation sites excluding steroid dienone is 2. The Bertz CT molecular complexity index is 996. The minimum atomic E-state index is -1.50. The third kappa shape index (κ3) is 44.1. The maximum atomic E-state index is 12.8. The molecule has 9 nitrogen and oxygen atoms in total. The largest absolute Gasteiger partial charge is 0.477 e. The van der Waals surface area contributed by atoms with Gasteiger partial charge in [-0.1, -0.05) is 199 Å². The summed E-state index contributed by atoms with van der Waals surface area (Å²) in [5.74, 6) is -1.99. The van der Waals surface area contributed by atoms with Crippen LogP contribution in [0.25, 0.3) is 0 Å². The van der Waals surface area contributed by atoms with Gasteiger partial charge in [0.2, 0.25) is 0 Å². The summed E-state index contributed by atoms with van der Waals surface area (Å²) in [6.45, 7) is 4.90. The van der Waals surface area contributed by atoms with Gasteiger partial charge in [0.1, 0.15) is 13.2 Å². The van der Waals surface area contributed by atoms with Crippen LogP contribution in [-0.2, 0) is 33.3 Å². The Balaban J connectivity index is 4.31. The van der Waals surface area contributed by atoms with Gasteiger partial charge in [0.05, 0.1) is 34.4 Å². The number of carboxylic acid groups (broad SMARTS) is 1. The number of rotatable bonds is 47. The Morgan fingerprint density at radius 2 is 0.850 bits per heavy atom. The highest BCUT2D eigenvalue weighted by Gasteiger charge is 2.25. The molecule has 0 aliphatic rings. The number of ether oxygens (including phenoxy) is 4. The Labute approximate surface area is 370 Å². The van der Waals surface area contributed by atoms with Gasteiger partial charge in [0.25, 0.3) is 6.29 Å². The Hall–Kier alpha value is -1.97. The van der Waals surface area contributed by atoms with Crippen molar-refractivity contribution in [1.82, 2.24) is 0 Å². The number of nitrogens with zero attached hydrogens (tertiary/aromatic N) is 1. The van der Waals surface area contributed by atoms with E-state index in [0.717, 1.165) is 38.5 Å². The molecular weight excluding hydrogens is 755 g/mol. The number of hydrogen-bond donors (Lipinski definition) is 1. The van der Waals surface area contributed by atoms with Crippen molar-refractivity contribution in [1.29, 1.82) is 0 Å². The number of unbranched alkanes of at least 4 members (excludes halogenated alkanes) is 30. The molecule has 1 N–H and O–H groups in total. The maximum absolute atomic E-state index is 12.8. The molecule has 9 heteroatoms. The molecule has 0 fully saturated rings. The average Bonchev–Trinajstić information content (AvgIpc) is 3.21. The van der Waals surface area contributed by atoms with Crippen LogP contribution in [0.2, 0.25) is 0 Å². The first-order valence-electron chi connectivity index (χ1n) is 25.4. The zero-order valence-electron chi connectivity index (χ0n) is 40.1. The van der Waals surface area contributed by atoms with Crippen molar-refractivity contribution < 1.29 is 42.9 Å². The lowest BCUT2D eigenvalue weighted by atomic mass is 10.0. The molecule has 0 heterocycles. The number of likely N-dealkylation sites (N-methyl/N-ethyl adjacent to an activating group) is 1. The molecule has 0 aliphatic carbocycles. The summed E-state index contributed by atoms with van der Waals surface area (Å²) >= 11 is 0. The normalized spacial score (nSPS) is 12.9. The van der Waals surface area contributed by atoms with E-state index < -0.39 is 24.3 Å². The van der Waals surface area contributed by atoms with Crippen molar-refractivity contribution in [2.75, 3.05) is 47.5 Å². The second kappa shape index (κ2) is 43.7. The summed E-state index contributed by atoms with van der Waals surface area (Å²) in [6.07, 6.45) is 44.1. The molecule has 0 aromatic rings. The number of esters is 2. The van der Waals surface area contributed by atoms with Crippen LogP contribution in [0.3, 0.4) is 0 Å². The van der Waals surface area contributed by atoms with Crippen molar-refractivity contribution in [3.63, 3.8) is 0 Å². The quantitative estimate of drug-likeness (QED) is 0.0212. The van der Waals surface area contributed by atoms with Crippen LogP contribution in [0.15, 0.2) is 12.2 Å². The van der Waals surface area contributed by atoms with E-state index in [1.807, 2.05) is 21.1 Å². The third-order valence-electron chi connectivity index (χ3n) is 11.3. The highest BCUT2D eigenvalue weighted by Crippen LogP contribution is 2.16. The molecule has 0 saturated heterocycles. The number of carbonyl (C=O) groups excluding carboxylic acids is 2. The van der Waals surface area contributed by atoms with Crippen LogP contribution in [-0.4, -0.2) is 87.4 Å². The fourth-order valence-corrected chi connectivity index (χ4v) is 7.30. The van der Waals surface area contributed by atoms with E-state index in [9.17, 15) is 19.5 Å². The predicted octanol–water partition coefficient (Wildman–Crippen LogP) is 13.8. The van der Waals surface area contributed by atoms with E-state index in [-0.39, 0.29) is 32.2 Å². The first-order valence-corrected chi connectivity index (χ1v) is 25.4. The molecule has 2 unspecified atom stereocenters. The van der Waals surface area contributed by atoms with Gasteiger partial charge in [-0.15, -0.1) is 0 Å². The summed E-state index contributed by atoms with van der Waals surface area (Å²) in [5, 5.41) is 9.66. The molecule has 0 radical (unpaired) electrons. The lowest BCUT2D eigenvalue weighted by Gasteiger charge is -2.25. The van der Waals surface area contributed by atoms with Crippen molar-refractivity contribution in [2.45, 2.75) is 251 Å². The zero-order chi connectivity index (χ0) is 44.2. The van der Waals surface area contributed by atoms with Crippen LogP contribution >= 0.6 is 0 Å². The maximum Gasteiger partial charge on any atom is 0.361 e. The molecule has 0 rings (SSSR count). The molecule has 0 amide bonds. The summed E-state index contributed by atoms with van der Waals surface area (Å²) in [5.41, 5.74) is 0. The molecule has 2 atom stereocenters. The van der Waals surface area contributed by atoms with Gasteiger partial charge in [-0.3, -0.25) is 9.59 Å². The first-order chi connectivity index (χ1) is 29.1. The van der Waals surface area contributed by atoms with Crippen LogP contribution in [0, 0.1) is 0 Å². The number of hydrogen-bond acceptors (Lipinski definition) is 7. The van der Waals surface area contributed by atoms with Gasteiger partial charge in [-0.2, -0.15) is 0 Å². The Kier molecular flexibility index (Phi) is 42.2. The summed E-state index contributed by atoms with van der Waals surface area (Å²) in [6, 6.07) is 0. The molecule has 354 valence electrons. The Morgan fingerprint density at radius 1 is 0.483 bits per heavy atom. The van der Waals surface area contributed by atoms with Gasteiger partial charge >= 0.3 is 17.9 Å². The SMILES string of the molecule is CCCCCCCCCC/C=C\CCCCCCCCCCCC(=O)OC(COC(=O)CCCCCCCCCCCCCCCC)COC(OCC[N+](C)(C)C)C(=O)O. The highest BCUT2D eigenvalue weighted by atomic mass is 16.7. The molecule has 0 aromatic heterocycles. The third-order valence-corrected chi connectivity index (χ3v) is 11.3. The van der Waals surface area contributed by atoms with Crippen LogP contribution < -0.4 is 0 Å². The van der Waals surface area contributed by atoms with E-state index in [0.29, 0.717) is 17.4 Å². The molecule has 0 bridgehead atoms. The first kappa shape index (κ1) is 58.0. The van der Waals surface area contributed by atoms with Gasteiger partial charge in [-0.05, 0) is 38.5 Å². The minimum absolute atomic E-state index is 0.177. The van der Waals surface area contributed by atoms with Crippen molar-refractivity contribution in [2.24, 2.45) is 0 Å². The average molecular weight is 853 g/mol. The lowest BCUT2D eigenvalue weighted by molar-refractivity contribution is -0.870. The van der Waals surface area contributed by atoms with Gasteiger partial charge < -0.3 is 28.5 Å². The number of aliphatic carboxylic acids is 1. The summed E-state index contributed by atoms with van der Waals surface area (Å²) in [7, 11) is 5.97. The van der Waals surface area contributed by atoms with Gasteiger partial charge in [0, 0.05) is 12.8 Å². The zero-order valence-corrected chi connectivity index (χ0v) is 40.1. The minimum Gasteiger partial charge on any atom is -0.477 e. The number of carbonyl (C=O) groups is 3. The van der Waals surface area contributed by atoms with Crippen LogP contribution in [0.4, 0.5) is 0 Å². The van der Waals surface area contributed by atoms with Crippen LogP contribution in [0.5, 0.6) is 0 Å². The number of carboxylic acids is 1. The molecular formula is C51H98NO8+. The molecule has 0 aliphatic heterocycles. The molecule has 0 saturated carbocycles. The van der Waals surface area contributed by atoms with Crippen LogP contribution in [0.1, 0.15) is 239 Å². The summed E-state index contributed by atoms with van der Waals surface area (Å²) in [4.78, 5) is 37.2. The predicted molar refractivity (Wildman–Crippen MR) is 249 cm³/mol. The van der Waals surface area contributed by atoms with E-state index >= 15 is 0 Å². The van der Waals surface area contributed by atoms with Gasteiger partial charge in [-0.25, -0.2) is 4.79 Å². The van der Waals surface area contributed by atoms with Gasteiger partial charge in [0.15, 0.2) is 6.10 Å². The van der Waals surface area contributed by atoms with Crippen molar-refractivity contribution in [3.05, 3.63) is 12.2 Å². The van der Waals surface area contributed by atoms with E-state index in [4.69, 9.17) is 18.9 Å². The highest BCUT2D eigenvalue weighted by molar-refractivity contribution is 5.71. The fourth-order valence-electron chi connectivity index (χ4n) is 7.30. The molecule has 0 aromatic carbocycles. The second-order valence-electron chi connectivity index (χ2n) is 18.5. The summed E-state index contributed by atoms with van der Waals surface area (Å²) < 4.78 is 22.8. The van der Waals surface area contributed by atoms with E-state index in [2.05, 4.69) is 26.0 Å². The Morgan fingerprint density at radius 3 is 1.23 bits per heavy atom. The van der Waals surface area contributed by atoms with E-state index in [1.165, 1.54) is 173 Å². The van der Waals surface area contributed by atoms with Crippen molar-refractivity contribution in [3.8, 4) is 0 Å². The topological polar surface area (TPSA) is 108 Å². The van der Waals surface area contributed by atoms with Crippen molar-refractivity contribution >= 4 is 17.9 Å². The second-order valence-corrected chi connectivity index (χ2v) is 18.5. The number of quaternary nitrogens is 1. The molecule has 0 spiro atoms.